The molecule has 3 heteroatoms. The van der Waals surface area contributed by atoms with E-state index >= 15 is 0 Å². The van der Waals surface area contributed by atoms with Gasteiger partial charge in [0.1, 0.15) is 0 Å². The van der Waals surface area contributed by atoms with Crippen molar-refractivity contribution in [3.63, 3.8) is 0 Å². The van der Waals surface area contributed by atoms with Crippen molar-refractivity contribution in [2.24, 2.45) is 0 Å². The Balaban J connectivity index is 3.38. The lowest BCUT2D eigenvalue weighted by molar-refractivity contribution is -0.142. The summed E-state index contributed by atoms with van der Waals surface area (Å²) in [6.07, 6.45) is 26.5. The van der Waals surface area contributed by atoms with Gasteiger partial charge in [0.15, 0.2) is 0 Å². The van der Waals surface area contributed by atoms with Crippen molar-refractivity contribution in [2.45, 2.75) is 96.5 Å². The van der Waals surface area contributed by atoms with Crippen LogP contribution in [-0.2, 0) is 9.53 Å². The second kappa shape index (κ2) is 20.0. The van der Waals surface area contributed by atoms with E-state index in [1.807, 2.05) is 0 Å². The Kier molecular flexibility index (Phi) is 18.9. The summed E-state index contributed by atoms with van der Waals surface area (Å²) < 4.78 is 4.54. The zero-order valence-corrected chi connectivity index (χ0v) is 17.0. The molecule has 3 nitrogen and oxygen atoms in total. The van der Waals surface area contributed by atoms with Crippen molar-refractivity contribution < 1.29 is 14.6 Å². The molecule has 0 aliphatic carbocycles. The van der Waals surface area contributed by atoms with Gasteiger partial charge in [-0.3, -0.25) is 4.79 Å². The van der Waals surface area contributed by atoms with Gasteiger partial charge in [0.25, 0.3) is 0 Å². The number of carbonyl (C=O) groups is 1. The van der Waals surface area contributed by atoms with E-state index in [0.29, 0.717) is 6.42 Å². The van der Waals surface area contributed by atoms with E-state index in [0.717, 1.165) is 32.1 Å². The minimum atomic E-state index is -0.555. The first-order valence-electron chi connectivity index (χ1n) is 10.4. The van der Waals surface area contributed by atoms with E-state index < -0.39 is 6.10 Å². The number of allylic oxidation sites excluding steroid dienone is 6. The molecule has 0 heterocycles. The largest absolute Gasteiger partial charge is 0.469 e. The summed E-state index contributed by atoms with van der Waals surface area (Å²) in [5, 5.41) is 9.65. The van der Waals surface area contributed by atoms with Crippen LogP contribution in [0.15, 0.2) is 36.5 Å². The molecule has 0 amide bonds. The Labute approximate surface area is 161 Å². The average Bonchev–Trinajstić information content (AvgIpc) is 2.64. The van der Waals surface area contributed by atoms with Crippen molar-refractivity contribution in [1.29, 1.82) is 0 Å². The maximum atomic E-state index is 11.0. The third-order valence-corrected chi connectivity index (χ3v) is 4.31. The van der Waals surface area contributed by atoms with E-state index in [1.54, 1.807) is 0 Å². The molecule has 1 unspecified atom stereocenters. The fraction of sp³-hybridized carbons (Fsp3) is 0.696. The maximum Gasteiger partial charge on any atom is 0.308 e. The Morgan fingerprint density at radius 2 is 1.38 bits per heavy atom. The molecule has 0 aromatic rings. The number of esters is 1. The van der Waals surface area contributed by atoms with Crippen molar-refractivity contribution in [2.75, 3.05) is 7.11 Å². The highest BCUT2D eigenvalue weighted by Gasteiger charge is 2.09. The van der Waals surface area contributed by atoms with Crippen molar-refractivity contribution in [1.82, 2.24) is 0 Å². The van der Waals surface area contributed by atoms with Crippen LogP contribution in [0.3, 0.4) is 0 Å². The minimum absolute atomic E-state index is 0.113. The molecule has 1 atom stereocenters. The highest BCUT2D eigenvalue weighted by molar-refractivity contribution is 5.69. The van der Waals surface area contributed by atoms with Crippen LogP contribution in [0.4, 0.5) is 0 Å². The standard InChI is InChI=1S/C23H40O3/c1-3-4-5-6-7-8-9-10-11-12-13-14-15-16-17-18-19-20-22(24)21-23(25)26-2/h7-8,10-11,13-14,22,24H,3-6,9,12,15-21H2,1-2H3/b8-7+,11-10+,14-13+. The van der Waals surface area contributed by atoms with Gasteiger partial charge in [-0.2, -0.15) is 0 Å². The monoisotopic (exact) mass is 364 g/mol. The van der Waals surface area contributed by atoms with Gasteiger partial charge in [-0.25, -0.2) is 0 Å². The van der Waals surface area contributed by atoms with Gasteiger partial charge in [0, 0.05) is 0 Å². The van der Waals surface area contributed by atoms with Crippen molar-refractivity contribution in [3.8, 4) is 0 Å². The summed E-state index contributed by atoms with van der Waals surface area (Å²) in [6.45, 7) is 2.24. The van der Waals surface area contributed by atoms with Crippen LogP contribution in [0.5, 0.6) is 0 Å². The van der Waals surface area contributed by atoms with Crippen LogP contribution in [0.25, 0.3) is 0 Å². The predicted molar refractivity (Wildman–Crippen MR) is 111 cm³/mol. The van der Waals surface area contributed by atoms with Crippen LogP contribution in [0.2, 0.25) is 0 Å². The van der Waals surface area contributed by atoms with Crippen LogP contribution in [0, 0.1) is 0 Å². The summed E-state index contributed by atoms with van der Waals surface area (Å²) in [6, 6.07) is 0. The molecule has 0 fully saturated rings. The summed E-state index contributed by atoms with van der Waals surface area (Å²) in [5.41, 5.74) is 0. The first-order valence-corrected chi connectivity index (χ1v) is 10.4. The fourth-order valence-electron chi connectivity index (χ4n) is 2.66. The number of methoxy groups -OCH3 is 1. The van der Waals surface area contributed by atoms with E-state index in [9.17, 15) is 9.90 Å². The second-order valence-corrected chi connectivity index (χ2v) is 6.81. The second-order valence-electron chi connectivity index (χ2n) is 6.81. The van der Waals surface area contributed by atoms with E-state index in [1.165, 1.54) is 45.6 Å². The summed E-state index contributed by atoms with van der Waals surface area (Å²) in [5.74, 6) is -0.334. The van der Waals surface area contributed by atoms with Gasteiger partial charge < -0.3 is 9.84 Å². The normalized spacial score (nSPS) is 13.2. The molecule has 0 aliphatic rings. The molecule has 0 saturated carbocycles. The quantitative estimate of drug-likeness (QED) is 0.188. The van der Waals surface area contributed by atoms with E-state index in [2.05, 4.69) is 48.1 Å². The molecule has 0 spiro atoms. The molecule has 0 rings (SSSR count). The lowest BCUT2D eigenvalue weighted by atomic mass is 10.1. The van der Waals surface area contributed by atoms with Crippen LogP contribution in [-0.4, -0.2) is 24.3 Å². The Hall–Kier alpha value is -1.35. The number of hydrogen-bond donors (Lipinski definition) is 1. The van der Waals surface area contributed by atoms with Crippen LogP contribution in [0.1, 0.15) is 90.4 Å². The number of carbonyl (C=O) groups excluding carboxylic acids is 1. The molecule has 150 valence electrons. The number of unbranched alkanes of at least 4 members (excludes halogenated alkanes) is 7. The van der Waals surface area contributed by atoms with E-state index in [4.69, 9.17) is 0 Å². The van der Waals surface area contributed by atoms with Crippen molar-refractivity contribution >= 4 is 5.97 Å². The third-order valence-electron chi connectivity index (χ3n) is 4.31. The lowest BCUT2D eigenvalue weighted by Gasteiger charge is -2.08. The molecule has 0 aliphatic heterocycles. The molecule has 0 aromatic heterocycles. The third kappa shape index (κ3) is 19.0. The molecular formula is C23H40O3. The number of ether oxygens (including phenoxy) is 1. The van der Waals surface area contributed by atoms with Gasteiger partial charge in [-0.05, 0) is 44.9 Å². The molecule has 0 saturated heterocycles. The topological polar surface area (TPSA) is 46.5 Å². The molecular weight excluding hydrogens is 324 g/mol. The maximum absolute atomic E-state index is 11.0. The molecule has 26 heavy (non-hydrogen) atoms. The first-order chi connectivity index (χ1) is 12.7. The Morgan fingerprint density at radius 1 is 0.846 bits per heavy atom. The summed E-state index contributed by atoms with van der Waals surface area (Å²) >= 11 is 0. The smallest absolute Gasteiger partial charge is 0.308 e. The van der Waals surface area contributed by atoms with Crippen LogP contribution >= 0.6 is 0 Å². The lowest BCUT2D eigenvalue weighted by Crippen LogP contribution is -2.14. The molecule has 1 N–H and O–H groups in total. The fourth-order valence-corrected chi connectivity index (χ4v) is 2.66. The summed E-state index contributed by atoms with van der Waals surface area (Å²) in [7, 11) is 1.35. The predicted octanol–water partition coefficient (Wildman–Crippen LogP) is 6.28. The highest BCUT2D eigenvalue weighted by Crippen LogP contribution is 2.10. The minimum Gasteiger partial charge on any atom is -0.469 e. The van der Waals surface area contributed by atoms with Gasteiger partial charge >= 0.3 is 5.97 Å². The Morgan fingerprint density at radius 3 is 1.96 bits per heavy atom. The highest BCUT2D eigenvalue weighted by atomic mass is 16.5. The zero-order valence-electron chi connectivity index (χ0n) is 17.0. The molecule has 0 radical (unpaired) electrons. The van der Waals surface area contributed by atoms with Gasteiger partial charge in [-0.1, -0.05) is 75.5 Å². The average molecular weight is 365 g/mol. The van der Waals surface area contributed by atoms with E-state index in [-0.39, 0.29) is 12.4 Å². The Bertz CT molecular complexity index is 396. The van der Waals surface area contributed by atoms with Crippen LogP contribution < -0.4 is 0 Å². The first kappa shape index (κ1) is 24.7. The van der Waals surface area contributed by atoms with Gasteiger partial charge in [0.05, 0.1) is 19.6 Å². The SMILES string of the molecule is CCCCC/C=C/C/C=C/C/C=C/CCCCCCC(O)CC(=O)OC. The van der Waals surface area contributed by atoms with Gasteiger partial charge in [0.2, 0.25) is 0 Å². The number of hydrogen-bond acceptors (Lipinski definition) is 3. The molecule has 0 aromatic carbocycles. The zero-order chi connectivity index (χ0) is 19.3. The summed E-state index contributed by atoms with van der Waals surface area (Å²) in [4.78, 5) is 11.0. The van der Waals surface area contributed by atoms with Crippen molar-refractivity contribution in [3.05, 3.63) is 36.5 Å². The van der Waals surface area contributed by atoms with Gasteiger partial charge in [-0.15, -0.1) is 0 Å². The molecule has 0 bridgehead atoms. The number of aliphatic hydroxyl groups is 1. The number of aliphatic hydroxyl groups excluding tert-OH is 1. The number of rotatable bonds is 17.